The Labute approximate surface area is 186 Å². The van der Waals surface area contributed by atoms with E-state index < -0.39 is 0 Å². The van der Waals surface area contributed by atoms with Gasteiger partial charge >= 0.3 is 0 Å². The van der Waals surface area contributed by atoms with Gasteiger partial charge < -0.3 is 20.0 Å². The van der Waals surface area contributed by atoms with Crippen LogP contribution in [0.4, 0.5) is 0 Å². The lowest BCUT2D eigenvalue weighted by Crippen LogP contribution is -2.49. The molecule has 7 nitrogen and oxygen atoms in total. The van der Waals surface area contributed by atoms with Crippen LogP contribution in [0.15, 0.2) is 15.6 Å². The van der Waals surface area contributed by atoms with Crippen molar-refractivity contribution < 1.29 is 9.21 Å². The molecule has 28 heavy (non-hydrogen) atoms. The fourth-order valence-electron chi connectivity index (χ4n) is 3.46. The molecule has 0 bridgehead atoms. The molecule has 2 rings (SSSR count). The summed E-state index contributed by atoms with van der Waals surface area (Å²) in [6.45, 7) is 10.0. The Morgan fingerprint density at radius 1 is 1.29 bits per heavy atom. The summed E-state index contributed by atoms with van der Waals surface area (Å²) in [4.78, 5) is 23.3. The van der Waals surface area contributed by atoms with E-state index in [2.05, 4.69) is 41.4 Å². The maximum absolute atomic E-state index is 12.7. The van der Waals surface area contributed by atoms with Crippen LogP contribution in [0.25, 0.3) is 0 Å². The minimum Gasteiger partial charge on any atom is -0.443 e. The number of hydrogen-bond acceptors (Lipinski definition) is 4. The Morgan fingerprint density at radius 2 is 1.93 bits per heavy atom. The minimum atomic E-state index is -0.331. The van der Waals surface area contributed by atoms with Gasteiger partial charge in [0, 0.05) is 32.6 Å². The number of aromatic nitrogens is 1. The topological polar surface area (TPSA) is 82.8 Å². The number of guanidine groups is 1. The Kier molecular flexibility index (Phi) is 9.23. The van der Waals surface area contributed by atoms with E-state index >= 15 is 0 Å². The second-order valence-corrected chi connectivity index (χ2v) is 8.60. The number of rotatable bonds is 6. The molecule has 1 saturated carbocycles. The molecule has 0 aliphatic heterocycles. The van der Waals surface area contributed by atoms with Gasteiger partial charge in [0.05, 0.1) is 11.6 Å². The van der Waals surface area contributed by atoms with Crippen molar-refractivity contribution in [3.8, 4) is 0 Å². The molecule has 0 saturated heterocycles. The average molecular weight is 505 g/mol. The molecule has 1 fully saturated rings. The highest BCUT2D eigenvalue weighted by Gasteiger charge is 2.42. The number of aliphatic imine (C=N–C) groups is 1. The highest BCUT2D eigenvalue weighted by atomic mass is 127. The van der Waals surface area contributed by atoms with Crippen LogP contribution >= 0.6 is 24.0 Å². The lowest BCUT2D eigenvalue weighted by Gasteiger charge is -2.31. The van der Waals surface area contributed by atoms with Gasteiger partial charge in [-0.3, -0.25) is 4.79 Å². The fraction of sp³-hybridized carbons (Fsp3) is 0.750. The first-order valence-electron chi connectivity index (χ1n) is 9.87. The number of carbonyl (C=O) groups excluding carboxylic acids is 1. The molecule has 8 heteroatoms. The normalized spacial score (nSPS) is 16.4. The molecule has 1 aromatic rings. The first-order chi connectivity index (χ1) is 12.7. The Bertz CT molecular complexity index is 658. The van der Waals surface area contributed by atoms with E-state index in [1.165, 1.54) is 0 Å². The molecule has 0 spiro atoms. The number of nitrogens with one attached hydrogen (secondary N) is 2. The molecule has 1 amide bonds. The van der Waals surface area contributed by atoms with Crippen molar-refractivity contribution in [2.75, 3.05) is 27.2 Å². The van der Waals surface area contributed by atoms with Crippen LogP contribution in [0.2, 0.25) is 0 Å². The Hall–Kier alpha value is -1.32. The summed E-state index contributed by atoms with van der Waals surface area (Å²) >= 11 is 0. The van der Waals surface area contributed by atoms with Crippen molar-refractivity contribution in [2.24, 2.45) is 10.4 Å². The summed E-state index contributed by atoms with van der Waals surface area (Å²) in [5.74, 6) is 2.33. The third kappa shape index (κ3) is 6.35. The van der Waals surface area contributed by atoms with Crippen LogP contribution < -0.4 is 10.6 Å². The van der Waals surface area contributed by atoms with Gasteiger partial charge in [0.15, 0.2) is 5.96 Å². The van der Waals surface area contributed by atoms with Crippen LogP contribution in [-0.2, 0) is 16.8 Å². The van der Waals surface area contributed by atoms with Gasteiger partial charge in [0.2, 0.25) is 11.8 Å². The predicted octanol–water partition coefficient (Wildman–Crippen LogP) is 3.29. The van der Waals surface area contributed by atoms with E-state index in [4.69, 9.17) is 4.42 Å². The summed E-state index contributed by atoms with van der Waals surface area (Å²) in [5, 5.41) is 6.61. The number of amides is 1. The van der Waals surface area contributed by atoms with Crippen molar-refractivity contribution in [3.63, 3.8) is 0 Å². The smallest absolute Gasteiger partial charge is 0.230 e. The first kappa shape index (κ1) is 24.7. The summed E-state index contributed by atoms with van der Waals surface area (Å²) in [5.41, 5.74) is -0.402. The molecule has 0 aromatic carbocycles. The summed E-state index contributed by atoms with van der Waals surface area (Å²) in [6.07, 6.45) is 5.81. The van der Waals surface area contributed by atoms with Gasteiger partial charge in [-0.25, -0.2) is 9.98 Å². The van der Waals surface area contributed by atoms with Gasteiger partial charge in [-0.2, -0.15) is 0 Å². The lowest BCUT2D eigenvalue weighted by molar-refractivity contribution is -0.138. The molecule has 160 valence electrons. The number of nitrogens with zero attached hydrogens (tertiary/aromatic N) is 3. The van der Waals surface area contributed by atoms with Crippen LogP contribution in [0.3, 0.4) is 0 Å². The van der Waals surface area contributed by atoms with E-state index in [0.29, 0.717) is 24.9 Å². The van der Waals surface area contributed by atoms with Crippen LogP contribution in [-0.4, -0.2) is 48.9 Å². The van der Waals surface area contributed by atoms with Crippen LogP contribution in [0.5, 0.6) is 0 Å². The predicted molar refractivity (Wildman–Crippen MR) is 123 cm³/mol. The molecular formula is C20H36IN5O2. The lowest BCUT2D eigenvalue weighted by atomic mass is 9.84. The maximum atomic E-state index is 12.7. The van der Waals surface area contributed by atoms with Crippen molar-refractivity contribution in [1.82, 2.24) is 20.5 Å². The van der Waals surface area contributed by atoms with E-state index in [1.807, 2.05) is 21.0 Å². The highest BCUT2D eigenvalue weighted by Crippen LogP contribution is 2.38. The van der Waals surface area contributed by atoms with Gasteiger partial charge in [-0.1, -0.05) is 33.6 Å². The second kappa shape index (κ2) is 10.5. The largest absolute Gasteiger partial charge is 0.443 e. The average Bonchev–Trinajstić information content (AvgIpc) is 3.26. The van der Waals surface area contributed by atoms with Crippen molar-refractivity contribution in [1.29, 1.82) is 0 Å². The van der Waals surface area contributed by atoms with Crippen molar-refractivity contribution in [3.05, 3.63) is 17.8 Å². The van der Waals surface area contributed by atoms with Gasteiger partial charge in [0.25, 0.3) is 0 Å². The zero-order valence-corrected chi connectivity index (χ0v) is 20.4. The molecule has 1 aromatic heterocycles. The summed E-state index contributed by atoms with van der Waals surface area (Å²) in [6, 6.07) is 0. The van der Waals surface area contributed by atoms with Gasteiger partial charge in [0.1, 0.15) is 12.3 Å². The SMILES string of the molecule is CCNC(=NCc1ncc(C(C)(C)C)o1)NCC1(C(=O)N(C)C)CCCC1.I. The Morgan fingerprint density at radius 3 is 2.43 bits per heavy atom. The zero-order chi connectivity index (χ0) is 20.1. The summed E-state index contributed by atoms with van der Waals surface area (Å²) in [7, 11) is 3.66. The number of oxazole rings is 1. The molecule has 0 radical (unpaired) electrons. The van der Waals surface area contributed by atoms with Crippen molar-refractivity contribution >= 4 is 35.8 Å². The molecule has 2 N–H and O–H groups in total. The maximum Gasteiger partial charge on any atom is 0.230 e. The van der Waals surface area contributed by atoms with Gasteiger partial charge in [-0.05, 0) is 19.8 Å². The van der Waals surface area contributed by atoms with E-state index in [9.17, 15) is 4.79 Å². The standard InChI is InChI=1S/C20H35N5O2.HI/c1-7-21-18(23-13-16-22-12-15(27-16)19(2,3)4)24-14-20(10-8-9-11-20)17(26)25(5)6;/h12H,7-11,13-14H2,1-6H3,(H2,21,23,24);1H. The zero-order valence-electron chi connectivity index (χ0n) is 18.1. The Balaban J connectivity index is 0.00000392. The molecule has 1 aliphatic carbocycles. The molecule has 1 aliphatic rings. The highest BCUT2D eigenvalue weighted by molar-refractivity contribution is 14.0. The second-order valence-electron chi connectivity index (χ2n) is 8.60. The van der Waals surface area contributed by atoms with Crippen LogP contribution in [0, 0.1) is 5.41 Å². The summed E-state index contributed by atoms with van der Waals surface area (Å²) < 4.78 is 5.81. The monoisotopic (exact) mass is 505 g/mol. The number of hydrogen-bond donors (Lipinski definition) is 2. The molecule has 1 heterocycles. The van der Waals surface area contributed by atoms with E-state index in [0.717, 1.165) is 38.0 Å². The third-order valence-electron chi connectivity index (χ3n) is 5.02. The molecule has 0 unspecified atom stereocenters. The van der Waals surface area contributed by atoms with E-state index in [-0.39, 0.29) is 40.7 Å². The fourth-order valence-corrected chi connectivity index (χ4v) is 3.46. The van der Waals surface area contributed by atoms with E-state index in [1.54, 1.807) is 11.1 Å². The number of halogens is 1. The molecular weight excluding hydrogens is 469 g/mol. The van der Waals surface area contributed by atoms with Gasteiger partial charge in [-0.15, -0.1) is 24.0 Å². The van der Waals surface area contributed by atoms with Crippen LogP contribution in [0.1, 0.15) is 65.0 Å². The van der Waals surface area contributed by atoms with Crippen molar-refractivity contribution in [2.45, 2.75) is 65.3 Å². The number of carbonyl (C=O) groups is 1. The minimum absolute atomic E-state index is 0. The first-order valence-corrected chi connectivity index (χ1v) is 9.87. The molecule has 0 atom stereocenters. The quantitative estimate of drug-likeness (QED) is 0.352. The third-order valence-corrected chi connectivity index (χ3v) is 5.02.